The predicted molar refractivity (Wildman–Crippen MR) is 143 cm³/mol. The molecule has 0 amide bonds. The van der Waals surface area contributed by atoms with Gasteiger partial charge in [-0.05, 0) is 24.0 Å². The van der Waals surface area contributed by atoms with E-state index in [0.29, 0.717) is 0 Å². The maximum atomic E-state index is 5.47. The van der Waals surface area contributed by atoms with Crippen molar-refractivity contribution >= 4 is 46.4 Å². The lowest BCUT2D eigenvalue weighted by Crippen LogP contribution is -2.38. The maximum Gasteiger partial charge on any atom is 0.191 e. The van der Waals surface area contributed by atoms with E-state index in [1.165, 1.54) is 29.1 Å². The van der Waals surface area contributed by atoms with E-state index in [9.17, 15) is 0 Å². The first-order valence-corrected chi connectivity index (χ1v) is 12.2. The molecule has 1 aromatic heterocycles. The second-order valence-electron chi connectivity index (χ2n) is 8.08. The van der Waals surface area contributed by atoms with E-state index in [1.807, 2.05) is 7.05 Å². The highest BCUT2D eigenvalue weighted by Crippen LogP contribution is 2.24. The minimum atomic E-state index is 0. The highest BCUT2D eigenvalue weighted by molar-refractivity contribution is 14.0. The van der Waals surface area contributed by atoms with Gasteiger partial charge >= 0.3 is 0 Å². The molecule has 0 aliphatic carbocycles. The second-order valence-corrected chi connectivity index (χ2v) is 8.91. The molecule has 3 heterocycles. The quantitative estimate of drug-likeness (QED) is 0.289. The van der Waals surface area contributed by atoms with Gasteiger partial charge in [0.2, 0.25) is 0 Å². The van der Waals surface area contributed by atoms with Crippen LogP contribution < -0.4 is 15.5 Å². The molecule has 2 fully saturated rings. The third-order valence-corrected chi connectivity index (χ3v) is 6.83. The van der Waals surface area contributed by atoms with Crippen molar-refractivity contribution in [2.45, 2.75) is 32.4 Å². The number of morpholine rings is 1. The second kappa shape index (κ2) is 13.3. The van der Waals surface area contributed by atoms with Crippen LogP contribution in [0.3, 0.4) is 0 Å². The summed E-state index contributed by atoms with van der Waals surface area (Å²) in [6.45, 7) is 8.50. The molecule has 0 saturated carbocycles. The third kappa shape index (κ3) is 7.29. The highest BCUT2D eigenvalue weighted by Gasteiger charge is 2.16. The van der Waals surface area contributed by atoms with Gasteiger partial charge in [0.05, 0.1) is 18.9 Å². The smallest absolute Gasteiger partial charge is 0.191 e. The van der Waals surface area contributed by atoms with E-state index in [1.54, 1.807) is 11.3 Å². The van der Waals surface area contributed by atoms with Crippen LogP contribution in [0.2, 0.25) is 0 Å². The zero-order chi connectivity index (χ0) is 21.3. The zero-order valence-electron chi connectivity index (χ0n) is 18.9. The molecule has 1 aromatic carbocycles. The van der Waals surface area contributed by atoms with E-state index in [2.05, 4.69) is 55.1 Å². The first-order valence-electron chi connectivity index (χ1n) is 11.3. The van der Waals surface area contributed by atoms with E-state index >= 15 is 0 Å². The van der Waals surface area contributed by atoms with Gasteiger partial charge in [-0.3, -0.25) is 9.89 Å². The number of ether oxygens (including phenoxy) is 1. The minimum absolute atomic E-state index is 0. The van der Waals surface area contributed by atoms with Crippen LogP contribution in [-0.4, -0.2) is 68.8 Å². The summed E-state index contributed by atoms with van der Waals surface area (Å²) in [7, 11) is 1.82. The molecule has 2 saturated heterocycles. The van der Waals surface area contributed by atoms with Crippen molar-refractivity contribution in [1.82, 2.24) is 20.5 Å². The number of aromatic nitrogens is 1. The molecule has 7 nitrogen and oxygen atoms in total. The molecule has 0 radical (unpaired) electrons. The Balaban J connectivity index is 0.00000289. The lowest BCUT2D eigenvalue weighted by atomic mass is 10.1. The summed E-state index contributed by atoms with van der Waals surface area (Å²) in [6, 6.07) is 8.65. The number of anilines is 1. The minimum Gasteiger partial charge on any atom is -0.379 e. The Morgan fingerprint density at radius 3 is 2.59 bits per heavy atom. The number of hydrogen-bond acceptors (Lipinski definition) is 6. The molecule has 0 unspecified atom stereocenters. The van der Waals surface area contributed by atoms with Crippen LogP contribution in [0.1, 0.15) is 29.7 Å². The van der Waals surface area contributed by atoms with E-state index < -0.39 is 0 Å². The average Bonchev–Trinajstić information content (AvgIpc) is 3.50. The van der Waals surface area contributed by atoms with Crippen molar-refractivity contribution in [3.8, 4) is 0 Å². The molecule has 176 valence electrons. The fourth-order valence-corrected chi connectivity index (χ4v) is 4.97. The number of benzene rings is 1. The number of rotatable bonds is 8. The third-order valence-electron chi connectivity index (χ3n) is 5.88. The molecule has 0 spiro atoms. The number of nitrogens with one attached hydrogen (secondary N) is 2. The van der Waals surface area contributed by atoms with E-state index in [4.69, 9.17) is 9.72 Å². The Hall–Kier alpha value is -1.43. The van der Waals surface area contributed by atoms with Gasteiger partial charge in [-0.25, -0.2) is 4.98 Å². The van der Waals surface area contributed by atoms with Gasteiger partial charge in [0, 0.05) is 64.7 Å². The van der Waals surface area contributed by atoms with Crippen LogP contribution in [0.5, 0.6) is 0 Å². The van der Waals surface area contributed by atoms with Crippen LogP contribution in [0.15, 0.2) is 34.6 Å². The van der Waals surface area contributed by atoms with Crippen molar-refractivity contribution in [1.29, 1.82) is 0 Å². The molecular formula is C23H35IN6OS. The fourth-order valence-electron chi connectivity index (χ4n) is 4.06. The SMILES string of the molecule is CN=C(NCCc1csc(N2CCCC2)n1)NCc1ccccc1CN1CCOCC1.I. The van der Waals surface area contributed by atoms with Gasteiger partial charge in [-0.2, -0.15) is 0 Å². The van der Waals surface area contributed by atoms with Crippen LogP contribution in [0.25, 0.3) is 0 Å². The first-order chi connectivity index (χ1) is 15.3. The summed E-state index contributed by atoms with van der Waals surface area (Å²) in [5.74, 6) is 0.830. The summed E-state index contributed by atoms with van der Waals surface area (Å²) in [6.07, 6.45) is 3.47. The van der Waals surface area contributed by atoms with Gasteiger partial charge in [0.1, 0.15) is 0 Å². The number of guanidine groups is 1. The Bertz CT molecular complexity index is 849. The number of nitrogens with zero attached hydrogens (tertiary/aromatic N) is 4. The van der Waals surface area contributed by atoms with E-state index in [-0.39, 0.29) is 24.0 Å². The largest absolute Gasteiger partial charge is 0.379 e. The molecule has 0 bridgehead atoms. The van der Waals surface area contributed by atoms with Gasteiger partial charge in [-0.1, -0.05) is 24.3 Å². The predicted octanol–water partition coefficient (Wildman–Crippen LogP) is 3.10. The Morgan fingerprint density at radius 2 is 1.84 bits per heavy atom. The molecule has 2 aliphatic rings. The lowest BCUT2D eigenvalue weighted by molar-refractivity contribution is 0.0341. The molecular weight excluding hydrogens is 535 g/mol. The van der Waals surface area contributed by atoms with Crippen molar-refractivity contribution in [2.24, 2.45) is 4.99 Å². The van der Waals surface area contributed by atoms with Crippen LogP contribution >= 0.6 is 35.3 Å². The summed E-state index contributed by atoms with van der Waals surface area (Å²) in [5.41, 5.74) is 3.83. The molecule has 2 aromatic rings. The van der Waals surface area contributed by atoms with Crippen molar-refractivity contribution in [3.63, 3.8) is 0 Å². The Labute approximate surface area is 212 Å². The summed E-state index contributed by atoms with van der Waals surface area (Å²) >= 11 is 1.76. The average molecular weight is 571 g/mol. The summed E-state index contributed by atoms with van der Waals surface area (Å²) in [5, 5.41) is 10.3. The molecule has 4 rings (SSSR count). The monoisotopic (exact) mass is 570 g/mol. The number of thiazole rings is 1. The Kier molecular flexibility index (Phi) is 10.5. The lowest BCUT2D eigenvalue weighted by Gasteiger charge is -2.27. The van der Waals surface area contributed by atoms with Gasteiger partial charge in [-0.15, -0.1) is 35.3 Å². The van der Waals surface area contributed by atoms with Gasteiger partial charge in [0.25, 0.3) is 0 Å². The maximum absolute atomic E-state index is 5.47. The summed E-state index contributed by atoms with van der Waals surface area (Å²) in [4.78, 5) is 14.1. The first kappa shape index (κ1) is 25.2. The molecule has 0 atom stereocenters. The molecule has 32 heavy (non-hydrogen) atoms. The van der Waals surface area contributed by atoms with Gasteiger partial charge < -0.3 is 20.3 Å². The molecule has 9 heteroatoms. The van der Waals surface area contributed by atoms with E-state index in [0.717, 1.165) is 77.1 Å². The highest BCUT2D eigenvalue weighted by atomic mass is 127. The number of halogens is 1. The molecule has 2 N–H and O–H groups in total. The standard InChI is InChI=1S/C23H34N6OS.HI/c1-24-22(25-9-8-21-18-31-23(27-21)29-10-4-5-11-29)26-16-19-6-2-3-7-20(19)17-28-12-14-30-15-13-28;/h2-3,6-7,18H,4-5,8-17H2,1H3,(H2,24,25,26);1H. The van der Waals surface area contributed by atoms with Crippen LogP contribution in [0, 0.1) is 0 Å². The van der Waals surface area contributed by atoms with Crippen molar-refractivity contribution < 1.29 is 4.74 Å². The topological polar surface area (TPSA) is 65.0 Å². The number of hydrogen-bond donors (Lipinski definition) is 2. The summed E-state index contributed by atoms with van der Waals surface area (Å²) < 4.78 is 5.47. The Morgan fingerprint density at radius 1 is 1.09 bits per heavy atom. The molecule has 2 aliphatic heterocycles. The van der Waals surface area contributed by atoms with Gasteiger partial charge in [0.15, 0.2) is 11.1 Å². The normalized spacial score (nSPS) is 17.3. The fraction of sp³-hybridized carbons (Fsp3) is 0.565. The van der Waals surface area contributed by atoms with Crippen molar-refractivity contribution in [2.75, 3.05) is 57.9 Å². The number of aliphatic imine (C=N–C) groups is 1. The zero-order valence-corrected chi connectivity index (χ0v) is 22.0. The van der Waals surface area contributed by atoms with Crippen LogP contribution in [-0.2, 0) is 24.2 Å². The van der Waals surface area contributed by atoms with Crippen molar-refractivity contribution in [3.05, 3.63) is 46.5 Å². The van der Waals surface area contributed by atoms with Crippen LogP contribution in [0.4, 0.5) is 5.13 Å².